The van der Waals surface area contributed by atoms with Gasteiger partial charge in [0.1, 0.15) is 32.7 Å². The number of hydrogen-bond acceptors (Lipinski definition) is 3. The zero-order chi connectivity index (χ0) is 19.9. The van der Waals surface area contributed by atoms with Crippen LogP contribution in [0.15, 0.2) is 30.3 Å². The van der Waals surface area contributed by atoms with Gasteiger partial charge in [-0.05, 0) is 23.8 Å². The monoisotopic (exact) mass is 407 g/mol. The first-order chi connectivity index (χ1) is 13.5. The van der Waals surface area contributed by atoms with Crippen molar-refractivity contribution in [2.24, 2.45) is 0 Å². The van der Waals surface area contributed by atoms with E-state index >= 15 is 0 Å². The lowest BCUT2D eigenvalue weighted by Crippen LogP contribution is -3.27. The van der Waals surface area contributed by atoms with Crippen molar-refractivity contribution < 1.29 is 19.4 Å². The van der Waals surface area contributed by atoms with Crippen molar-refractivity contribution in [3.05, 3.63) is 40.9 Å². The molecule has 3 rings (SSSR count). The molecule has 0 saturated carbocycles. The third-order valence-electron chi connectivity index (χ3n) is 5.33. The number of piperazine rings is 1. The number of nitrogens with one attached hydrogen (secondary N) is 4. The summed E-state index contributed by atoms with van der Waals surface area (Å²) < 4.78 is 0. The molecule has 2 aliphatic heterocycles. The highest BCUT2D eigenvalue weighted by Crippen LogP contribution is 2.19. The first-order valence-corrected chi connectivity index (χ1v) is 10.3. The lowest BCUT2D eigenvalue weighted by Gasteiger charge is -2.29. The summed E-state index contributed by atoms with van der Waals surface area (Å²) in [6, 6.07) is 7.38. The van der Waals surface area contributed by atoms with Crippen molar-refractivity contribution in [1.82, 2.24) is 15.8 Å². The van der Waals surface area contributed by atoms with E-state index < -0.39 is 0 Å². The largest absolute Gasteiger partial charge is 0.354 e. The first kappa shape index (κ1) is 20.6. The van der Waals surface area contributed by atoms with Gasteiger partial charge < -0.3 is 15.1 Å². The molecule has 0 aliphatic carbocycles. The van der Waals surface area contributed by atoms with Crippen molar-refractivity contribution in [2.75, 3.05) is 52.9 Å². The summed E-state index contributed by atoms with van der Waals surface area (Å²) in [7, 11) is 2.24. The molecule has 1 aromatic rings. The predicted octanol–water partition coefficient (Wildman–Crippen LogP) is -1.66. The minimum atomic E-state index is -0.143. The van der Waals surface area contributed by atoms with E-state index in [-0.39, 0.29) is 24.8 Å². The third kappa shape index (κ3) is 5.95. The van der Waals surface area contributed by atoms with Gasteiger partial charge in [0.2, 0.25) is 11.8 Å². The minimum Gasteiger partial charge on any atom is -0.354 e. The summed E-state index contributed by atoms with van der Waals surface area (Å²) in [4.78, 5) is 27.6. The van der Waals surface area contributed by atoms with Crippen LogP contribution in [0.25, 0.3) is 5.70 Å². The minimum absolute atomic E-state index is 0.00842. The van der Waals surface area contributed by atoms with E-state index in [4.69, 9.17) is 11.6 Å². The van der Waals surface area contributed by atoms with E-state index in [0.29, 0.717) is 11.6 Å². The van der Waals surface area contributed by atoms with Gasteiger partial charge in [-0.25, -0.2) is 5.01 Å². The SMILES string of the molecule is C[NH+]1CC[NH+](CCCNC(=O)CN2NC(c3ccc(Cl)cc3)=CCC2=O)CC1. The number of halogens is 1. The van der Waals surface area contributed by atoms with Crippen molar-refractivity contribution in [2.45, 2.75) is 12.8 Å². The normalized spacial score (nSPS) is 22.4. The van der Waals surface area contributed by atoms with Gasteiger partial charge in [-0.15, -0.1) is 0 Å². The summed E-state index contributed by atoms with van der Waals surface area (Å²) in [6.45, 7) is 6.57. The molecule has 2 aliphatic rings. The number of carbonyl (C=O) groups is 2. The fourth-order valence-electron chi connectivity index (χ4n) is 3.54. The molecule has 0 aromatic heterocycles. The Hall–Kier alpha value is -2.09. The molecule has 1 aromatic carbocycles. The van der Waals surface area contributed by atoms with Crippen LogP contribution >= 0.6 is 11.6 Å². The van der Waals surface area contributed by atoms with Crippen molar-refractivity contribution >= 4 is 29.1 Å². The van der Waals surface area contributed by atoms with Crippen LogP contribution in [-0.2, 0) is 9.59 Å². The zero-order valence-electron chi connectivity index (χ0n) is 16.4. The van der Waals surface area contributed by atoms with Gasteiger partial charge in [0.25, 0.3) is 0 Å². The topological polar surface area (TPSA) is 70.3 Å². The number of carbonyl (C=O) groups excluding carboxylic acids is 2. The molecule has 0 unspecified atom stereocenters. The Bertz CT molecular complexity index is 714. The molecule has 1 fully saturated rings. The quantitative estimate of drug-likeness (QED) is 0.409. The van der Waals surface area contributed by atoms with Crippen molar-refractivity contribution in [1.29, 1.82) is 0 Å². The van der Waals surface area contributed by atoms with E-state index in [1.807, 2.05) is 18.2 Å². The second-order valence-corrected chi connectivity index (χ2v) is 8.02. The van der Waals surface area contributed by atoms with Crippen LogP contribution < -0.4 is 20.5 Å². The van der Waals surface area contributed by atoms with Crippen LogP contribution in [0.3, 0.4) is 0 Å². The molecule has 2 heterocycles. The second-order valence-electron chi connectivity index (χ2n) is 7.58. The number of amides is 2. The van der Waals surface area contributed by atoms with E-state index in [0.717, 1.165) is 24.2 Å². The van der Waals surface area contributed by atoms with Crippen molar-refractivity contribution in [3.8, 4) is 0 Å². The highest BCUT2D eigenvalue weighted by molar-refractivity contribution is 6.30. The second kappa shape index (κ2) is 9.91. The summed E-state index contributed by atoms with van der Waals surface area (Å²) in [6.07, 6.45) is 3.06. The van der Waals surface area contributed by atoms with Gasteiger partial charge in [-0.2, -0.15) is 0 Å². The van der Waals surface area contributed by atoms with Gasteiger partial charge in [0, 0.05) is 24.4 Å². The number of rotatable bonds is 7. The predicted molar refractivity (Wildman–Crippen MR) is 109 cm³/mol. The molecule has 0 atom stereocenters. The van der Waals surface area contributed by atoms with Crippen LogP contribution in [0.1, 0.15) is 18.4 Å². The molecular formula is C20H30ClN5O2+2. The number of hydrogen-bond donors (Lipinski definition) is 4. The average Bonchev–Trinajstić information content (AvgIpc) is 2.69. The Morgan fingerprint density at radius 1 is 1.21 bits per heavy atom. The van der Waals surface area contributed by atoms with Crippen molar-refractivity contribution in [3.63, 3.8) is 0 Å². The fraction of sp³-hybridized carbons (Fsp3) is 0.500. The molecule has 152 valence electrons. The molecule has 4 N–H and O–H groups in total. The molecular weight excluding hydrogens is 378 g/mol. The summed E-state index contributed by atoms with van der Waals surface area (Å²) in [5.41, 5.74) is 4.79. The van der Waals surface area contributed by atoms with E-state index in [9.17, 15) is 9.59 Å². The first-order valence-electron chi connectivity index (χ1n) is 9.96. The number of hydrazine groups is 1. The maximum atomic E-state index is 12.2. The zero-order valence-corrected chi connectivity index (χ0v) is 17.1. The molecule has 0 bridgehead atoms. The summed E-state index contributed by atoms with van der Waals surface area (Å²) in [5, 5.41) is 4.97. The van der Waals surface area contributed by atoms with Gasteiger partial charge in [-0.3, -0.25) is 15.0 Å². The summed E-state index contributed by atoms with van der Waals surface area (Å²) in [5.74, 6) is -0.256. The molecule has 1 saturated heterocycles. The van der Waals surface area contributed by atoms with Crippen LogP contribution in [0, 0.1) is 0 Å². The Kier molecular flexibility index (Phi) is 7.30. The maximum Gasteiger partial charge on any atom is 0.245 e. The highest BCUT2D eigenvalue weighted by atomic mass is 35.5. The van der Waals surface area contributed by atoms with Gasteiger partial charge in [0.05, 0.1) is 19.3 Å². The molecule has 0 radical (unpaired) electrons. The van der Waals surface area contributed by atoms with Crippen LogP contribution in [0.5, 0.6) is 0 Å². The Balaban J connectivity index is 1.40. The van der Waals surface area contributed by atoms with Gasteiger partial charge in [-0.1, -0.05) is 23.7 Å². The van der Waals surface area contributed by atoms with E-state index in [1.54, 1.807) is 21.9 Å². The van der Waals surface area contributed by atoms with E-state index in [1.165, 1.54) is 31.2 Å². The lowest BCUT2D eigenvalue weighted by molar-refractivity contribution is -1.00. The van der Waals surface area contributed by atoms with Crippen LogP contribution in [0.2, 0.25) is 5.02 Å². The Morgan fingerprint density at radius 2 is 1.93 bits per heavy atom. The standard InChI is InChI=1S/C20H28ClN5O2/c1-24-11-13-25(14-12-24)10-2-9-22-19(27)15-26-20(28)8-7-18(23-26)16-3-5-17(21)6-4-16/h3-7,23H,2,8-15H2,1H3,(H,22,27)/p+2. The van der Waals surface area contributed by atoms with Gasteiger partial charge in [0.15, 0.2) is 0 Å². The molecule has 8 heteroatoms. The molecule has 28 heavy (non-hydrogen) atoms. The van der Waals surface area contributed by atoms with Crippen LogP contribution in [-0.4, -0.2) is 69.7 Å². The molecule has 0 spiro atoms. The lowest BCUT2D eigenvalue weighted by atomic mass is 10.1. The molecule has 2 amide bonds. The summed E-state index contributed by atoms with van der Waals surface area (Å²) >= 11 is 5.93. The fourth-order valence-corrected chi connectivity index (χ4v) is 3.66. The smallest absolute Gasteiger partial charge is 0.245 e. The Morgan fingerprint density at radius 3 is 2.64 bits per heavy atom. The Labute approximate surface area is 171 Å². The maximum absolute atomic E-state index is 12.2. The van der Waals surface area contributed by atoms with Gasteiger partial charge >= 0.3 is 0 Å². The highest BCUT2D eigenvalue weighted by Gasteiger charge is 2.22. The number of nitrogens with zero attached hydrogens (tertiary/aromatic N) is 1. The van der Waals surface area contributed by atoms with E-state index in [2.05, 4.69) is 17.8 Å². The number of benzene rings is 1. The number of quaternary nitrogens is 2. The average molecular weight is 408 g/mol. The molecule has 7 nitrogen and oxygen atoms in total. The third-order valence-corrected chi connectivity index (χ3v) is 5.59. The number of likely N-dealkylation sites (N-methyl/N-ethyl adjacent to an activating group) is 1. The van der Waals surface area contributed by atoms with Crippen LogP contribution in [0.4, 0.5) is 0 Å².